The number of urea groups is 1. The van der Waals surface area contributed by atoms with E-state index in [-0.39, 0.29) is 12.1 Å². The molecule has 7 heteroatoms. The van der Waals surface area contributed by atoms with Crippen molar-refractivity contribution in [2.75, 3.05) is 42.9 Å². The Bertz CT molecular complexity index is 862. The summed E-state index contributed by atoms with van der Waals surface area (Å²) in [7, 11) is 0. The molecule has 0 saturated carbocycles. The van der Waals surface area contributed by atoms with E-state index in [1.165, 1.54) is 0 Å². The molecule has 2 aromatic rings. The molecule has 1 saturated heterocycles. The molecule has 0 bridgehead atoms. The van der Waals surface area contributed by atoms with Crippen molar-refractivity contribution in [3.63, 3.8) is 0 Å². The van der Waals surface area contributed by atoms with Gasteiger partial charge in [0.05, 0.1) is 0 Å². The molecular formula is C22H30N6O. The van der Waals surface area contributed by atoms with Crippen molar-refractivity contribution >= 4 is 17.4 Å². The maximum atomic E-state index is 12.5. The number of carbonyl (C=O) groups excluding carboxylic acids is 1. The largest absolute Gasteiger partial charge is 0.369 e. The zero-order valence-electron chi connectivity index (χ0n) is 17.3. The molecule has 1 atom stereocenters. The van der Waals surface area contributed by atoms with Crippen molar-refractivity contribution in [1.82, 2.24) is 20.2 Å². The third-order valence-corrected chi connectivity index (χ3v) is 5.89. The molecule has 2 aliphatic rings. The van der Waals surface area contributed by atoms with E-state index in [9.17, 15) is 4.79 Å². The second-order valence-electron chi connectivity index (χ2n) is 7.90. The molecule has 1 aliphatic carbocycles. The Balaban J connectivity index is 1.33. The molecule has 2 heterocycles. The van der Waals surface area contributed by atoms with Crippen molar-refractivity contribution in [1.29, 1.82) is 0 Å². The highest BCUT2D eigenvalue weighted by Gasteiger charge is 2.22. The summed E-state index contributed by atoms with van der Waals surface area (Å²) in [5.74, 6) is 0.809. The first-order chi connectivity index (χ1) is 14.1. The lowest BCUT2D eigenvalue weighted by molar-refractivity contribution is 0.247. The van der Waals surface area contributed by atoms with Crippen molar-refractivity contribution in [3.8, 4) is 0 Å². The zero-order valence-corrected chi connectivity index (χ0v) is 17.3. The molecule has 1 aliphatic heterocycles. The molecule has 1 aromatic heterocycles. The van der Waals surface area contributed by atoms with Gasteiger partial charge >= 0.3 is 6.03 Å². The van der Waals surface area contributed by atoms with Gasteiger partial charge in [0, 0.05) is 55.5 Å². The van der Waals surface area contributed by atoms with Gasteiger partial charge in [0.15, 0.2) is 0 Å². The summed E-state index contributed by atoms with van der Waals surface area (Å²) >= 11 is 0. The topological polar surface area (TPSA) is 73.4 Å². The lowest BCUT2D eigenvalue weighted by Gasteiger charge is -2.35. The highest BCUT2D eigenvalue weighted by atomic mass is 16.2. The lowest BCUT2D eigenvalue weighted by Crippen LogP contribution is -2.46. The van der Waals surface area contributed by atoms with E-state index in [4.69, 9.17) is 0 Å². The van der Waals surface area contributed by atoms with E-state index in [2.05, 4.69) is 49.5 Å². The van der Waals surface area contributed by atoms with E-state index in [0.29, 0.717) is 0 Å². The van der Waals surface area contributed by atoms with Crippen LogP contribution in [-0.2, 0) is 12.8 Å². The average molecular weight is 395 g/mol. The lowest BCUT2D eigenvalue weighted by atomic mass is 9.93. The number of nitrogens with one attached hydrogen (secondary N) is 2. The molecule has 2 amide bonds. The van der Waals surface area contributed by atoms with Crippen LogP contribution in [0.25, 0.3) is 0 Å². The number of aryl methyl sites for hydroxylation is 2. The van der Waals surface area contributed by atoms with E-state index in [1.54, 1.807) is 0 Å². The predicted molar refractivity (Wildman–Crippen MR) is 116 cm³/mol. The molecule has 1 unspecified atom stereocenters. The molecule has 2 N–H and O–H groups in total. The van der Waals surface area contributed by atoms with Gasteiger partial charge in [-0.05, 0) is 56.5 Å². The Hall–Kier alpha value is -2.67. The predicted octanol–water partition coefficient (Wildman–Crippen LogP) is 2.61. The Kier molecular flexibility index (Phi) is 5.94. The van der Waals surface area contributed by atoms with Crippen LogP contribution in [0.3, 0.4) is 0 Å². The maximum Gasteiger partial charge on any atom is 0.319 e. The second kappa shape index (κ2) is 8.78. The third kappa shape index (κ3) is 4.85. The molecule has 7 nitrogen and oxygen atoms in total. The van der Waals surface area contributed by atoms with Gasteiger partial charge < -0.3 is 20.4 Å². The van der Waals surface area contributed by atoms with Crippen molar-refractivity contribution < 1.29 is 4.79 Å². The van der Waals surface area contributed by atoms with Gasteiger partial charge in [-0.2, -0.15) is 0 Å². The summed E-state index contributed by atoms with van der Waals surface area (Å²) in [5.41, 5.74) is 4.25. The minimum absolute atomic E-state index is 0.110. The van der Waals surface area contributed by atoms with Crippen LogP contribution < -0.4 is 15.5 Å². The number of carbonyl (C=O) groups is 1. The van der Waals surface area contributed by atoms with Crippen LogP contribution in [0.1, 0.15) is 30.4 Å². The third-order valence-electron chi connectivity index (χ3n) is 5.89. The van der Waals surface area contributed by atoms with Crippen LogP contribution in [0, 0.1) is 6.92 Å². The molecule has 29 heavy (non-hydrogen) atoms. The quantitative estimate of drug-likeness (QED) is 0.834. The number of rotatable bonds is 4. The number of hydrogen-bond donors (Lipinski definition) is 2. The molecular weight excluding hydrogens is 364 g/mol. The summed E-state index contributed by atoms with van der Waals surface area (Å²) in [4.78, 5) is 26.2. The van der Waals surface area contributed by atoms with Crippen LogP contribution in [0.15, 0.2) is 30.5 Å². The Morgan fingerprint density at radius 2 is 2.07 bits per heavy atom. The Morgan fingerprint density at radius 3 is 2.86 bits per heavy atom. The summed E-state index contributed by atoms with van der Waals surface area (Å²) in [6.45, 7) is 9.43. The van der Waals surface area contributed by atoms with E-state index in [0.717, 1.165) is 80.4 Å². The molecule has 4 rings (SSSR count). The van der Waals surface area contributed by atoms with Crippen LogP contribution >= 0.6 is 0 Å². The summed E-state index contributed by atoms with van der Waals surface area (Å²) in [5, 5.41) is 6.11. The molecule has 1 fully saturated rings. The smallest absolute Gasteiger partial charge is 0.319 e. The van der Waals surface area contributed by atoms with Gasteiger partial charge in [0.25, 0.3) is 0 Å². The maximum absolute atomic E-state index is 12.5. The van der Waals surface area contributed by atoms with Gasteiger partial charge in [-0.1, -0.05) is 13.0 Å². The molecule has 0 radical (unpaired) electrons. The number of benzene rings is 1. The normalized spacial score (nSPS) is 19.5. The van der Waals surface area contributed by atoms with Crippen molar-refractivity contribution in [3.05, 3.63) is 47.5 Å². The van der Waals surface area contributed by atoms with Crippen molar-refractivity contribution in [2.24, 2.45) is 0 Å². The number of fused-ring (bicyclic) bond motifs is 1. The number of nitrogens with zero attached hydrogens (tertiary/aromatic N) is 4. The highest BCUT2D eigenvalue weighted by molar-refractivity contribution is 5.90. The van der Waals surface area contributed by atoms with Gasteiger partial charge in [-0.15, -0.1) is 0 Å². The first-order valence-corrected chi connectivity index (χ1v) is 10.6. The number of anilines is 2. The standard InChI is InChI=1S/C22H30N6O/c1-3-27-9-11-28(12-10-27)20-6-4-5-18(14-20)25-22(29)26-19-7-8-21-17(13-19)15-23-16(2)24-21/h4-6,14-15,19H,3,7-13H2,1-2H3,(H2,25,26,29). The van der Waals surface area contributed by atoms with Gasteiger partial charge in [-0.3, -0.25) is 0 Å². The molecule has 0 spiro atoms. The minimum Gasteiger partial charge on any atom is -0.369 e. The van der Waals surface area contributed by atoms with Crippen LogP contribution in [-0.4, -0.2) is 59.7 Å². The highest BCUT2D eigenvalue weighted by Crippen LogP contribution is 2.22. The Morgan fingerprint density at radius 1 is 1.24 bits per heavy atom. The fourth-order valence-electron chi connectivity index (χ4n) is 4.19. The second-order valence-corrected chi connectivity index (χ2v) is 7.90. The van der Waals surface area contributed by atoms with Gasteiger partial charge in [0.1, 0.15) is 5.82 Å². The van der Waals surface area contributed by atoms with Crippen LogP contribution in [0.2, 0.25) is 0 Å². The average Bonchev–Trinajstić information content (AvgIpc) is 2.74. The number of piperazine rings is 1. The fraction of sp³-hybridized carbons (Fsp3) is 0.500. The first-order valence-electron chi connectivity index (χ1n) is 10.6. The van der Waals surface area contributed by atoms with Gasteiger partial charge in [-0.25, -0.2) is 14.8 Å². The molecule has 1 aromatic carbocycles. The minimum atomic E-state index is -0.153. The van der Waals surface area contributed by atoms with Crippen molar-refractivity contribution in [2.45, 2.75) is 39.2 Å². The van der Waals surface area contributed by atoms with E-state index >= 15 is 0 Å². The first kappa shape index (κ1) is 19.6. The Labute approximate surface area is 172 Å². The monoisotopic (exact) mass is 394 g/mol. The van der Waals surface area contributed by atoms with Crippen LogP contribution in [0.5, 0.6) is 0 Å². The zero-order chi connectivity index (χ0) is 20.2. The fourth-order valence-corrected chi connectivity index (χ4v) is 4.19. The number of amides is 2. The summed E-state index contributed by atoms with van der Waals surface area (Å²) in [6.07, 6.45) is 4.46. The number of likely N-dealkylation sites (N-methyl/N-ethyl adjacent to an activating group) is 1. The van der Waals surface area contributed by atoms with Gasteiger partial charge in [0.2, 0.25) is 0 Å². The summed E-state index contributed by atoms with van der Waals surface area (Å²) in [6, 6.07) is 8.09. The molecule has 154 valence electrons. The van der Waals surface area contributed by atoms with E-state index in [1.807, 2.05) is 25.3 Å². The SMILES string of the molecule is CCN1CCN(c2cccc(NC(=O)NC3CCc4nc(C)ncc4C3)c2)CC1. The van der Waals surface area contributed by atoms with E-state index < -0.39 is 0 Å². The number of hydrogen-bond acceptors (Lipinski definition) is 5. The number of aromatic nitrogens is 2. The summed E-state index contributed by atoms with van der Waals surface area (Å²) < 4.78 is 0. The van der Waals surface area contributed by atoms with Crippen LogP contribution in [0.4, 0.5) is 16.2 Å².